The summed E-state index contributed by atoms with van der Waals surface area (Å²) >= 11 is 1.21. The second-order valence-electron chi connectivity index (χ2n) is 7.33. The van der Waals surface area contributed by atoms with Gasteiger partial charge in [0.05, 0.1) is 19.1 Å². The maximum atomic E-state index is 13.0. The lowest BCUT2D eigenvalue weighted by Crippen LogP contribution is -2.45. The molecule has 1 amide bonds. The van der Waals surface area contributed by atoms with Crippen LogP contribution in [0.5, 0.6) is 5.75 Å². The van der Waals surface area contributed by atoms with Gasteiger partial charge in [0, 0.05) is 13.1 Å². The maximum Gasteiger partial charge on any atom is 0.252 e. The van der Waals surface area contributed by atoms with E-state index in [2.05, 4.69) is 5.32 Å². The lowest BCUT2D eigenvalue weighted by Gasteiger charge is -2.32. The van der Waals surface area contributed by atoms with Crippen molar-refractivity contribution in [2.24, 2.45) is 5.92 Å². The fourth-order valence-electron chi connectivity index (χ4n) is 3.74. The first-order valence-electron chi connectivity index (χ1n) is 9.85. The Morgan fingerprint density at radius 3 is 2.79 bits per heavy atom. The number of rotatable bonds is 7. The highest BCUT2D eigenvalue weighted by Gasteiger charge is 2.34. The van der Waals surface area contributed by atoms with E-state index in [1.54, 1.807) is 24.6 Å². The normalized spacial score (nSPS) is 18.9. The number of amides is 1. The zero-order chi connectivity index (χ0) is 21.0. The minimum absolute atomic E-state index is 0.0867. The van der Waals surface area contributed by atoms with E-state index in [9.17, 15) is 13.2 Å². The van der Waals surface area contributed by atoms with Gasteiger partial charge in [-0.2, -0.15) is 4.31 Å². The van der Waals surface area contributed by atoms with Gasteiger partial charge < -0.3 is 10.1 Å². The van der Waals surface area contributed by atoms with Gasteiger partial charge in [-0.3, -0.25) is 4.79 Å². The number of hydrogen-bond donors (Lipinski definition) is 1. The highest BCUT2D eigenvalue weighted by Crippen LogP contribution is 2.28. The molecule has 0 aliphatic carbocycles. The van der Waals surface area contributed by atoms with Crippen LogP contribution in [0.4, 0.5) is 0 Å². The van der Waals surface area contributed by atoms with Crippen LogP contribution in [0.25, 0.3) is 0 Å². The van der Waals surface area contributed by atoms with Gasteiger partial charge in [0.25, 0.3) is 10.0 Å². The number of benzene rings is 1. The van der Waals surface area contributed by atoms with E-state index in [-0.39, 0.29) is 24.4 Å². The fourth-order valence-corrected chi connectivity index (χ4v) is 6.41. The Morgan fingerprint density at radius 2 is 2.17 bits per heavy atom. The van der Waals surface area contributed by atoms with Crippen LogP contribution < -0.4 is 10.1 Å². The topological polar surface area (TPSA) is 75.7 Å². The number of piperidine rings is 1. The molecule has 3 rings (SSSR count). The molecule has 0 saturated carbocycles. The van der Waals surface area contributed by atoms with Gasteiger partial charge in [0.2, 0.25) is 5.91 Å². The van der Waals surface area contributed by atoms with Gasteiger partial charge in [-0.05, 0) is 54.8 Å². The van der Waals surface area contributed by atoms with Crippen molar-refractivity contribution in [3.63, 3.8) is 0 Å². The molecule has 1 aliphatic rings. The Kier molecular flexibility index (Phi) is 6.97. The molecule has 158 valence electrons. The summed E-state index contributed by atoms with van der Waals surface area (Å²) in [7, 11) is -1.89. The molecule has 1 aromatic carbocycles. The Balaban J connectivity index is 1.70. The standard InChI is InChI=1S/C21H28N2O4S2/c1-4-18(16-9-10-19(27-3)15(2)13-16)22-21(24)17-7-5-11-23(14-17)29(25,26)20-8-6-12-28-20/h6,8-10,12-13,17-18H,4-5,7,11,14H2,1-3H3,(H,22,24)/t17-,18-/m0/s1. The number of nitrogens with one attached hydrogen (secondary N) is 1. The number of sulfonamides is 1. The first-order valence-corrected chi connectivity index (χ1v) is 12.2. The van der Waals surface area contributed by atoms with Gasteiger partial charge in [-0.1, -0.05) is 25.1 Å². The van der Waals surface area contributed by atoms with Gasteiger partial charge in [-0.15, -0.1) is 11.3 Å². The third-order valence-electron chi connectivity index (χ3n) is 5.39. The van der Waals surface area contributed by atoms with Crippen molar-refractivity contribution in [1.29, 1.82) is 0 Å². The monoisotopic (exact) mass is 436 g/mol. The van der Waals surface area contributed by atoms with Crippen molar-refractivity contribution in [3.8, 4) is 5.75 Å². The summed E-state index contributed by atoms with van der Waals surface area (Å²) in [5.74, 6) is 0.389. The molecule has 1 saturated heterocycles. The summed E-state index contributed by atoms with van der Waals surface area (Å²) in [6.45, 7) is 4.69. The molecule has 1 fully saturated rings. The summed E-state index contributed by atoms with van der Waals surface area (Å²) < 4.78 is 32.7. The lowest BCUT2D eigenvalue weighted by atomic mass is 9.96. The summed E-state index contributed by atoms with van der Waals surface area (Å²) in [5.41, 5.74) is 2.04. The van der Waals surface area contributed by atoms with Crippen molar-refractivity contribution in [2.45, 2.75) is 43.4 Å². The van der Waals surface area contributed by atoms with Crippen LogP contribution in [-0.4, -0.2) is 38.8 Å². The van der Waals surface area contributed by atoms with Crippen LogP contribution in [-0.2, 0) is 14.8 Å². The average molecular weight is 437 g/mol. The number of hydrogen-bond acceptors (Lipinski definition) is 5. The van der Waals surface area contributed by atoms with Crippen LogP contribution >= 0.6 is 11.3 Å². The van der Waals surface area contributed by atoms with E-state index >= 15 is 0 Å². The van der Waals surface area contributed by atoms with E-state index in [0.717, 1.165) is 23.3 Å². The SMILES string of the molecule is CC[C@H](NC(=O)[C@H]1CCCN(S(=O)(=O)c2cccs2)C1)c1ccc(OC)c(C)c1. The number of methoxy groups -OCH3 is 1. The van der Waals surface area contributed by atoms with Crippen LogP contribution in [0, 0.1) is 12.8 Å². The van der Waals surface area contributed by atoms with Crippen LogP contribution in [0.15, 0.2) is 39.9 Å². The number of ether oxygens (including phenoxy) is 1. The zero-order valence-electron chi connectivity index (χ0n) is 17.1. The van der Waals surface area contributed by atoms with Crippen molar-refractivity contribution in [1.82, 2.24) is 9.62 Å². The van der Waals surface area contributed by atoms with E-state index in [1.807, 2.05) is 32.0 Å². The number of aryl methyl sites for hydroxylation is 1. The van der Waals surface area contributed by atoms with Crippen molar-refractivity contribution in [3.05, 3.63) is 46.8 Å². The maximum absolute atomic E-state index is 13.0. The second kappa shape index (κ2) is 9.28. The molecule has 2 heterocycles. The first kappa shape index (κ1) is 21.8. The molecule has 29 heavy (non-hydrogen) atoms. The van der Waals surface area contributed by atoms with E-state index in [4.69, 9.17) is 4.74 Å². The molecule has 8 heteroatoms. The first-order chi connectivity index (χ1) is 13.9. The average Bonchev–Trinajstić information content (AvgIpc) is 3.27. The molecular formula is C21H28N2O4S2. The minimum Gasteiger partial charge on any atom is -0.496 e. The molecule has 2 atom stereocenters. The quantitative estimate of drug-likeness (QED) is 0.718. The number of thiophene rings is 1. The molecule has 0 bridgehead atoms. The van der Waals surface area contributed by atoms with Crippen molar-refractivity contribution in [2.75, 3.05) is 20.2 Å². The Hall–Kier alpha value is -1.90. The highest BCUT2D eigenvalue weighted by molar-refractivity contribution is 7.91. The van der Waals surface area contributed by atoms with Crippen LogP contribution in [0.1, 0.15) is 43.4 Å². The summed E-state index contributed by atoms with van der Waals surface area (Å²) in [5, 5.41) is 4.88. The summed E-state index contributed by atoms with van der Waals surface area (Å²) in [6.07, 6.45) is 2.13. The fraction of sp³-hybridized carbons (Fsp3) is 0.476. The molecular weight excluding hydrogens is 408 g/mol. The molecule has 0 radical (unpaired) electrons. The number of carbonyl (C=O) groups is 1. The number of nitrogens with zero attached hydrogens (tertiary/aromatic N) is 1. The molecule has 0 spiro atoms. The number of carbonyl (C=O) groups excluding carboxylic acids is 1. The van der Waals surface area contributed by atoms with Crippen molar-refractivity contribution < 1.29 is 17.9 Å². The molecule has 1 aromatic heterocycles. The Bertz CT molecular complexity index is 942. The van der Waals surface area contributed by atoms with Crippen LogP contribution in [0.2, 0.25) is 0 Å². The van der Waals surface area contributed by atoms with Gasteiger partial charge in [0.15, 0.2) is 0 Å². The largest absolute Gasteiger partial charge is 0.496 e. The summed E-state index contributed by atoms with van der Waals surface area (Å²) in [4.78, 5) is 13.0. The zero-order valence-corrected chi connectivity index (χ0v) is 18.7. The van der Waals surface area contributed by atoms with Crippen LogP contribution in [0.3, 0.4) is 0 Å². The second-order valence-corrected chi connectivity index (χ2v) is 10.4. The minimum atomic E-state index is -3.53. The predicted molar refractivity (Wildman–Crippen MR) is 115 cm³/mol. The van der Waals surface area contributed by atoms with Gasteiger partial charge in [0.1, 0.15) is 9.96 Å². The van der Waals surface area contributed by atoms with E-state index in [0.29, 0.717) is 23.6 Å². The predicted octanol–water partition coefficient (Wildman–Crippen LogP) is 3.73. The molecule has 0 unspecified atom stereocenters. The van der Waals surface area contributed by atoms with Crippen molar-refractivity contribution >= 4 is 27.3 Å². The third kappa shape index (κ3) is 4.82. The highest BCUT2D eigenvalue weighted by atomic mass is 32.2. The lowest BCUT2D eigenvalue weighted by molar-refractivity contribution is -0.126. The molecule has 1 N–H and O–H groups in total. The third-order valence-corrected chi connectivity index (χ3v) is 8.63. The molecule has 1 aliphatic heterocycles. The Labute approximate surface area is 176 Å². The smallest absolute Gasteiger partial charge is 0.252 e. The van der Waals surface area contributed by atoms with E-state index < -0.39 is 10.0 Å². The Morgan fingerprint density at radius 1 is 1.38 bits per heavy atom. The van der Waals surface area contributed by atoms with E-state index in [1.165, 1.54) is 15.6 Å². The van der Waals surface area contributed by atoms with Gasteiger partial charge in [-0.25, -0.2) is 8.42 Å². The molecule has 6 nitrogen and oxygen atoms in total. The molecule has 2 aromatic rings. The van der Waals surface area contributed by atoms with Gasteiger partial charge >= 0.3 is 0 Å². The summed E-state index contributed by atoms with van der Waals surface area (Å²) in [6, 6.07) is 9.14.